The quantitative estimate of drug-likeness (QED) is 0.300. The van der Waals surface area contributed by atoms with Crippen molar-refractivity contribution in [3.63, 3.8) is 0 Å². The first-order valence-electron chi connectivity index (χ1n) is 5.53. The lowest BCUT2D eigenvalue weighted by Crippen LogP contribution is -2.45. The first-order chi connectivity index (χ1) is 7.77. The second-order valence-electron chi connectivity index (χ2n) is 3.74. The number of nitrogens with one attached hydrogen (secondary N) is 1. The summed E-state index contributed by atoms with van der Waals surface area (Å²) in [6.45, 7) is 4.75. The van der Waals surface area contributed by atoms with Crippen molar-refractivity contribution in [2.24, 2.45) is 0 Å². The van der Waals surface area contributed by atoms with Crippen LogP contribution in [0, 0.1) is 0 Å². The summed E-state index contributed by atoms with van der Waals surface area (Å²) >= 11 is 0. The van der Waals surface area contributed by atoms with E-state index in [9.17, 15) is 0 Å². The number of hydrogen-bond acceptors (Lipinski definition) is 7. The highest BCUT2D eigenvalue weighted by atomic mass is 16.4. The maximum Gasteiger partial charge on any atom is 0.108 e. The maximum atomic E-state index is 8.96. The molecule has 0 amide bonds. The van der Waals surface area contributed by atoms with Gasteiger partial charge in [0.1, 0.15) is 18.7 Å². The van der Waals surface area contributed by atoms with E-state index in [1.165, 1.54) is 25.7 Å². The van der Waals surface area contributed by atoms with Crippen molar-refractivity contribution in [3.05, 3.63) is 0 Å². The monoisotopic (exact) mass is 254 g/mol. The van der Waals surface area contributed by atoms with E-state index in [1.807, 2.05) is 0 Å². The average molecular weight is 254 g/mol. The molecule has 0 rings (SSSR count). The Morgan fingerprint density at radius 2 is 1.29 bits per heavy atom. The first kappa shape index (κ1) is 19.1. The Bertz CT molecular complexity index is 148. The third-order valence-corrected chi connectivity index (χ3v) is 1.94. The summed E-state index contributed by atoms with van der Waals surface area (Å²) < 4.78 is 0. The van der Waals surface area contributed by atoms with Gasteiger partial charge in [-0.15, -0.1) is 0 Å². The van der Waals surface area contributed by atoms with Crippen LogP contribution in [-0.2, 0) is 0 Å². The smallest absolute Gasteiger partial charge is 0.108 e. The summed E-state index contributed by atoms with van der Waals surface area (Å²) in [5.74, 6) is 0. The van der Waals surface area contributed by atoms with E-state index in [0.29, 0.717) is 6.54 Å². The molecule has 7 heteroatoms. The Hall–Kier alpha value is -0.280. The number of nitrogens with zero attached hydrogens (tertiary/aromatic N) is 1. The van der Waals surface area contributed by atoms with Crippen LogP contribution in [0.2, 0.25) is 0 Å². The van der Waals surface area contributed by atoms with Gasteiger partial charge in [-0.05, 0) is 27.8 Å². The molecule has 0 heterocycles. The van der Waals surface area contributed by atoms with Crippen molar-refractivity contribution in [2.75, 3.05) is 20.2 Å². The highest BCUT2D eigenvalue weighted by Crippen LogP contribution is 2.04. The summed E-state index contributed by atoms with van der Waals surface area (Å²) in [4.78, 5) is 1.17. The Labute approximate surface area is 102 Å². The molecule has 0 spiro atoms. The maximum absolute atomic E-state index is 8.96. The molecule has 0 aromatic rings. The Morgan fingerprint density at radius 1 is 0.941 bits per heavy atom. The van der Waals surface area contributed by atoms with E-state index in [2.05, 4.69) is 5.32 Å². The predicted octanol–water partition coefficient (Wildman–Crippen LogP) is -2.14. The molecule has 0 saturated heterocycles. The fourth-order valence-electron chi connectivity index (χ4n) is 1.24. The molecular formula is C10H26N2O5. The Morgan fingerprint density at radius 3 is 1.35 bits per heavy atom. The van der Waals surface area contributed by atoms with Gasteiger partial charge in [-0.25, -0.2) is 4.90 Å². The fraction of sp³-hybridized carbons (Fsp3) is 1.00. The van der Waals surface area contributed by atoms with Gasteiger partial charge in [0.2, 0.25) is 0 Å². The van der Waals surface area contributed by atoms with E-state index in [-0.39, 0.29) is 6.61 Å². The van der Waals surface area contributed by atoms with E-state index >= 15 is 0 Å². The van der Waals surface area contributed by atoms with Crippen molar-refractivity contribution in [1.82, 2.24) is 10.2 Å². The number of rotatable bonds is 6. The fourth-order valence-corrected chi connectivity index (χ4v) is 1.24. The molecule has 4 unspecified atom stereocenters. The van der Waals surface area contributed by atoms with Crippen LogP contribution in [0.15, 0.2) is 0 Å². The second-order valence-corrected chi connectivity index (χ2v) is 3.74. The lowest BCUT2D eigenvalue weighted by molar-refractivity contribution is -0.159. The number of aliphatic hydroxyl groups excluding tert-OH is 5. The zero-order chi connectivity index (χ0) is 14.0. The van der Waals surface area contributed by atoms with E-state index in [0.717, 1.165) is 0 Å². The highest BCUT2D eigenvalue weighted by Gasteiger charge is 2.20. The molecule has 106 valence electrons. The van der Waals surface area contributed by atoms with Gasteiger partial charge < -0.3 is 30.8 Å². The minimum atomic E-state index is -0.833. The van der Waals surface area contributed by atoms with Crippen molar-refractivity contribution in [2.45, 2.75) is 45.6 Å². The number of hydrogen-bond donors (Lipinski definition) is 6. The van der Waals surface area contributed by atoms with Gasteiger partial charge in [0.25, 0.3) is 0 Å². The number of aliphatic hydroxyl groups is 5. The molecule has 0 bridgehead atoms. The number of likely N-dealkylation sites (N-methyl/N-ethyl adjacent to an activating group) is 1. The first-order valence-corrected chi connectivity index (χ1v) is 5.53. The summed E-state index contributed by atoms with van der Waals surface area (Å²) in [5.41, 5.74) is 0. The standard InChI is InChI=1S/C6H15NO3.C4H11NO2/c1-4(8)7(5(2)9)6(3)10;1-5-2-4(7)3-6/h4-6,8-10H,1-3H3;4-7H,2-3H2,1H3. The molecule has 0 aliphatic carbocycles. The third kappa shape index (κ3) is 10.6. The lowest BCUT2D eigenvalue weighted by Gasteiger charge is -2.30. The van der Waals surface area contributed by atoms with Gasteiger partial charge in [-0.3, -0.25) is 0 Å². The average Bonchev–Trinajstić information content (AvgIpc) is 2.16. The van der Waals surface area contributed by atoms with Gasteiger partial charge in [0.15, 0.2) is 0 Å². The van der Waals surface area contributed by atoms with Crippen molar-refractivity contribution < 1.29 is 25.5 Å². The topological polar surface area (TPSA) is 116 Å². The van der Waals surface area contributed by atoms with E-state index in [4.69, 9.17) is 25.5 Å². The summed E-state index contributed by atoms with van der Waals surface area (Å²) in [7, 11) is 1.72. The molecule has 7 nitrogen and oxygen atoms in total. The zero-order valence-corrected chi connectivity index (χ0v) is 10.9. The minimum absolute atomic E-state index is 0.166. The van der Waals surface area contributed by atoms with Crippen molar-refractivity contribution in [1.29, 1.82) is 0 Å². The molecule has 0 aliphatic rings. The van der Waals surface area contributed by atoms with Gasteiger partial charge in [-0.1, -0.05) is 0 Å². The van der Waals surface area contributed by atoms with Gasteiger partial charge >= 0.3 is 0 Å². The summed E-state index contributed by atoms with van der Waals surface area (Å²) in [5, 5.41) is 46.3. The SMILES string of the molecule is CC(O)N(C(C)O)C(C)O.CNCC(O)CO. The van der Waals surface area contributed by atoms with Crippen LogP contribution in [0.25, 0.3) is 0 Å². The van der Waals surface area contributed by atoms with Crippen LogP contribution in [0.3, 0.4) is 0 Å². The second kappa shape index (κ2) is 10.8. The van der Waals surface area contributed by atoms with Crippen LogP contribution in [0.5, 0.6) is 0 Å². The lowest BCUT2D eigenvalue weighted by atomic mass is 10.4. The van der Waals surface area contributed by atoms with Crippen LogP contribution < -0.4 is 5.32 Å². The zero-order valence-electron chi connectivity index (χ0n) is 10.9. The summed E-state index contributed by atoms with van der Waals surface area (Å²) in [6.07, 6.45) is -3.11. The van der Waals surface area contributed by atoms with Crippen molar-refractivity contribution >= 4 is 0 Å². The molecule has 0 aliphatic heterocycles. The molecule has 4 atom stereocenters. The molecular weight excluding hydrogens is 228 g/mol. The molecule has 0 fully saturated rings. The van der Waals surface area contributed by atoms with Gasteiger partial charge in [0, 0.05) is 6.54 Å². The third-order valence-electron chi connectivity index (χ3n) is 1.94. The largest absolute Gasteiger partial charge is 0.394 e. The summed E-state index contributed by atoms with van der Waals surface area (Å²) in [6, 6.07) is 0. The molecule has 6 N–H and O–H groups in total. The van der Waals surface area contributed by atoms with Crippen LogP contribution in [-0.4, -0.2) is 75.4 Å². The van der Waals surface area contributed by atoms with Crippen molar-refractivity contribution in [3.8, 4) is 0 Å². The van der Waals surface area contributed by atoms with Gasteiger partial charge in [-0.2, -0.15) is 0 Å². The van der Waals surface area contributed by atoms with Crippen LogP contribution in [0.4, 0.5) is 0 Å². The predicted molar refractivity (Wildman–Crippen MR) is 63.9 cm³/mol. The Kier molecular flexibility index (Phi) is 12.2. The molecule has 0 aromatic heterocycles. The normalized spacial score (nSPS) is 18.0. The molecule has 0 radical (unpaired) electrons. The van der Waals surface area contributed by atoms with Crippen LogP contribution >= 0.6 is 0 Å². The molecule has 0 saturated carbocycles. The Balaban J connectivity index is 0. The highest BCUT2D eigenvalue weighted by molar-refractivity contribution is 4.58. The van der Waals surface area contributed by atoms with Gasteiger partial charge in [0.05, 0.1) is 12.7 Å². The van der Waals surface area contributed by atoms with E-state index < -0.39 is 24.8 Å². The molecule has 0 aromatic carbocycles. The molecule has 17 heavy (non-hydrogen) atoms. The van der Waals surface area contributed by atoms with Crippen LogP contribution in [0.1, 0.15) is 20.8 Å². The van der Waals surface area contributed by atoms with E-state index in [1.54, 1.807) is 7.05 Å². The minimum Gasteiger partial charge on any atom is -0.394 e.